The predicted octanol–water partition coefficient (Wildman–Crippen LogP) is 2.64. The number of rotatable bonds is 4. The standard InChI is InChI=1S/C20H20N6O2/c1-27-18-17-16(13-3-6-25-15(8-13)2-5-21-25)4-7-26(17)24-19(23-18)22-14-9-20(10-14)11-28-12-20/h2-8,14H,9-12H2,1H3,(H,22,24). The zero-order valence-electron chi connectivity index (χ0n) is 15.5. The second kappa shape index (κ2) is 5.68. The minimum atomic E-state index is 0.394. The summed E-state index contributed by atoms with van der Waals surface area (Å²) in [6.07, 6.45) is 7.91. The molecular formula is C20H20N6O2. The first-order valence-corrected chi connectivity index (χ1v) is 9.45. The Bertz CT molecular complexity index is 1180. The molecule has 0 atom stereocenters. The summed E-state index contributed by atoms with van der Waals surface area (Å²) < 4.78 is 14.7. The Labute approximate surface area is 161 Å². The van der Waals surface area contributed by atoms with E-state index in [2.05, 4.69) is 26.6 Å². The van der Waals surface area contributed by atoms with Gasteiger partial charge in [0.1, 0.15) is 5.52 Å². The van der Waals surface area contributed by atoms with Crippen LogP contribution in [-0.4, -0.2) is 50.6 Å². The second-order valence-corrected chi connectivity index (χ2v) is 7.83. The van der Waals surface area contributed by atoms with Gasteiger partial charge in [-0.25, -0.2) is 9.03 Å². The fourth-order valence-electron chi connectivity index (χ4n) is 4.41. The third-order valence-corrected chi connectivity index (χ3v) is 5.89. The third-order valence-electron chi connectivity index (χ3n) is 5.89. The zero-order chi connectivity index (χ0) is 18.7. The van der Waals surface area contributed by atoms with E-state index in [1.165, 1.54) is 0 Å². The molecular weight excluding hydrogens is 356 g/mol. The number of anilines is 1. The summed E-state index contributed by atoms with van der Waals surface area (Å²) in [5.41, 5.74) is 4.40. The van der Waals surface area contributed by atoms with Gasteiger partial charge in [-0.2, -0.15) is 10.1 Å². The van der Waals surface area contributed by atoms with E-state index in [1.807, 2.05) is 39.6 Å². The summed E-state index contributed by atoms with van der Waals surface area (Å²) >= 11 is 0. The lowest BCUT2D eigenvalue weighted by molar-refractivity contribution is -0.160. The fraction of sp³-hybridized carbons (Fsp3) is 0.350. The number of aromatic nitrogens is 5. The molecule has 0 bridgehead atoms. The molecule has 1 aliphatic carbocycles. The topological polar surface area (TPSA) is 78.0 Å². The monoisotopic (exact) mass is 376 g/mol. The maximum Gasteiger partial charge on any atom is 0.244 e. The number of methoxy groups -OCH3 is 1. The Hall–Kier alpha value is -3.13. The highest BCUT2D eigenvalue weighted by molar-refractivity contribution is 5.85. The van der Waals surface area contributed by atoms with Crippen LogP contribution < -0.4 is 10.1 Å². The van der Waals surface area contributed by atoms with Crippen molar-refractivity contribution in [1.82, 2.24) is 24.2 Å². The molecule has 142 valence electrons. The van der Waals surface area contributed by atoms with E-state index in [1.54, 1.807) is 13.3 Å². The van der Waals surface area contributed by atoms with Crippen molar-refractivity contribution in [1.29, 1.82) is 0 Å². The molecule has 1 aliphatic heterocycles. The van der Waals surface area contributed by atoms with Gasteiger partial charge in [0.05, 0.1) is 25.8 Å². The maximum atomic E-state index is 5.62. The molecule has 0 amide bonds. The zero-order valence-corrected chi connectivity index (χ0v) is 15.5. The molecule has 1 saturated carbocycles. The summed E-state index contributed by atoms with van der Waals surface area (Å²) in [6, 6.07) is 8.56. The molecule has 4 aromatic rings. The minimum Gasteiger partial charge on any atom is -0.479 e. The van der Waals surface area contributed by atoms with Gasteiger partial charge in [0.25, 0.3) is 0 Å². The van der Waals surface area contributed by atoms with Crippen LogP contribution in [0.2, 0.25) is 0 Å². The fourth-order valence-corrected chi connectivity index (χ4v) is 4.41. The minimum absolute atomic E-state index is 0.394. The van der Waals surface area contributed by atoms with Crippen molar-refractivity contribution in [2.45, 2.75) is 18.9 Å². The highest BCUT2D eigenvalue weighted by Gasteiger charge is 2.50. The molecule has 0 unspecified atom stereocenters. The van der Waals surface area contributed by atoms with Crippen LogP contribution in [0.4, 0.5) is 5.95 Å². The number of fused-ring (bicyclic) bond motifs is 2. The van der Waals surface area contributed by atoms with E-state index in [0.717, 1.165) is 48.2 Å². The lowest BCUT2D eigenvalue weighted by Crippen LogP contribution is -2.56. The molecule has 4 aromatic heterocycles. The van der Waals surface area contributed by atoms with Gasteiger partial charge < -0.3 is 14.8 Å². The van der Waals surface area contributed by atoms with E-state index in [9.17, 15) is 0 Å². The van der Waals surface area contributed by atoms with Crippen LogP contribution in [0.1, 0.15) is 12.8 Å². The van der Waals surface area contributed by atoms with Gasteiger partial charge in [-0.15, -0.1) is 5.10 Å². The Morgan fingerprint density at radius 2 is 2.04 bits per heavy atom. The van der Waals surface area contributed by atoms with Gasteiger partial charge in [-0.05, 0) is 42.7 Å². The SMILES string of the molecule is COc1nc(NC2CC3(COC3)C2)nn2ccc(-c3ccn4nccc4c3)c12. The number of pyridine rings is 1. The first-order valence-electron chi connectivity index (χ1n) is 9.45. The van der Waals surface area contributed by atoms with Gasteiger partial charge in [0.2, 0.25) is 11.8 Å². The average Bonchev–Trinajstić information content (AvgIpc) is 3.28. The average molecular weight is 376 g/mol. The molecule has 1 spiro atoms. The Morgan fingerprint density at radius 1 is 1.18 bits per heavy atom. The smallest absolute Gasteiger partial charge is 0.244 e. The van der Waals surface area contributed by atoms with Crippen molar-refractivity contribution >= 4 is 17.0 Å². The second-order valence-electron chi connectivity index (χ2n) is 7.83. The van der Waals surface area contributed by atoms with E-state index < -0.39 is 0 Å². The van der Waals surface area contributed by atoms with Gasteiger partial charge in [0.15, 0.2) is 0 Å². The van der Waals surface area contributed by atoms with Gasteiger partial charge in [-0.1, -0.05) is 0 Å². The molecule has 2 aliphatic rings. The molecule has 8 nitrogen and oxygen atoms in total. The van der Waals surface area contributed by atoms with E-state index >= 15 is 0 Å². The van der Waals surface area contributed by atoms with Crippen LogP contribution >= 0.6 is 0 Å². The molecule has 6 rings (SSSR count). The summed E-state index contributed by atoms with van der Waals surface area (Å²) in [5.74, 6) is 1.16. The summed E-state index contributed by atoms with van der Waals surface area (Å²) in [6.45, 7) is 1.77. The highest BCUT2D eigenvalue weighted by Crippen LogP contribution is 2.47. The van der Waals surface area contributed by atoms with Crippen molar-refractivity contribution < 1.29 is 9.47 Å². The number of nitrogens with one attached hydrogen (secondary N) is 1. The molecule has 0 aromatic carbocycles. The van der Waals surface area contributed by atoms with Crippen molar-refractivity contribution in [2.24, 2.45) is 5.41 Å². The summed E-state index contributed by atoms with van der Waals surface area (Å²) in [5, 5.41) is 12.4. The lowest BCUT2D eigenvalue weighted by Gasteiger charge is -2.53. The van der Waals surface area contributed by atoms with Crippen molar-refractivity contribution in [3.8, 4) is 17.0 Å². The number of hydrogen-bond donors (Lipinski definition) is 1. The molecule has 2 fully saturated rings. The van der Waals surface area contributed by atoms with E-state index in [0.29, 0.717) is 23.3 Å². The molecule has 5 heterocycles. The first kappa shape index (κ1) is 15.9. The van der Waals surface area contributed by atoms with Crippen LogP contribution in [0.5, 0.6) is 5.88 Å². The van der Waals surface area contributed by atoms with E-state index in [4.69, 9.17) is 9.47 Å². The maximum absolute atomic E-state index is 5.62. The number of ether oxygens (including phenoxy) is 2. The Balaban J connectivity index is 1.36. The largest absolute Gasteiger partial charge is 0.479 e. The molecule has 28 heavy (non-hydrogen) atoms. The van der Waals surface area contributed by atoms with Gasteiger partial charge in [0, 0.05) is 35.6 Å². The van der Waals surface area contributed by atoms with Crippen LogP contribution in [0.25, 0.3) is 22.2 Å². The lowest BCUT2D eigenvalue weighted by atomic mass is 9.64. The first-order chi connectivity index (χ1) is 13.7. The van der Waals surface area contributed by atoms with Gasteiger partial charge >= 0.3 is 0 Å². The molecule has 0 radical (unpaired) electrons. The number of nitrogens with zero attached hydrogens (tertiary/aromatic N) is 5. The van der Waals surface area contributed by atoms with Crippen LogP contribution in [0, 0.1) is 5.41 Å². The molecule has 8 heteroatoms. The Kier molecular flexibility index (Phi) is 3.22. The van der Waals surface area contributed by atoms with Crippen LogP contribution in [0.3, 0.4) is 0 Å². The van der Waals surface area contributed by atoms with E-state index in [-0.39, 0.29) is 0 Å². The van der Waals surface area contributed by atoms with Crippen LogP contribution in [-0.2, 0) is 4.74 Å². The van der Waals surface area contributed by atoms with Crippen molar-refractivity contribution in [3.05, 3.63) is 42.9 Å². The third kappa shape index (κ3) is 2.31. The normalized spacial score (nSPS) is 18.3. The highest BCUT2D eigenvalue weighted by atomic mass is 16.5. The summed E-state index contributed by atoms with van der Waals surface area (Å²) in [4.78, 5) is 4.63. The van der Waals surface area contributed by atoms with Crippen molar-refractivity contribution in [3.63, 3.8) is 0 Å². The summed E-state index contributed by atoms with van der Waals surface area (Å²) in [7, 11) is 1.65. The Morgan fingerprint density at radius 3 is 2.82 bits per heavy atom. The van der Waals surface area contributed by atoms with Crippen molar-refractivity contribution in [2.75, 3.05) is 25.6 Å². The number of hydrogen-bond acceptors (Lipinski definition) is 6. The predicted molar refractivity (Wildman–Crippen MR) is 104 cm³/mol. The van der Waals surface area contributed by atoms with Crippen LogP contribution in [0.15, 0.2) is 42.9 Å². The molecule has 1 N–H and O–H groups in total. The van der Waals surface area contributed by atoms with Gasteiger partial charge in [-0.3, -0.25) is 0 Å². The quantitative estimate of drug-likeness (QED) is 0.590. The molecule has 1 saturated heterocycles.